The summed E-state index contributed by atoms with van der Waals surface area (Å²) in [4.78, 5) is 0. The number of aliphatic hydroxyl groups is 1. The molecule has 0 aliphatic rings. The van der Waals surface area contributed by atoms with Crippen LogP contribution in [0.4, 0.5) is 5.69 Å². The number of rotatable bonds is 1. The summed E-state index contributed by atoms with van der Waals surface area (Å²) in [5.41, 5.74) is 7.07. The molecule has 0 bridgehead atoms. The van der Waals surface area contributed by atoms with Crippen LogP contribution in [0.25, 0.3) is 0 Å². The summed E-state index contributed by atoms with van der Waals surface area (Å²) in [7, 11) is 0. The zero-order valence-corrected chi connectivity index (χ0v) is 5.91. The molecule has 2 heteroatoms. The smallest absolute Gasteiger partial charge is 0.0761 e. The molecule has 1 atom stereocenters. The van der Waals surface area contributed by atoms with E-state index in [2.05, 4.69) is 0 Å². The Morgan fingerprint density at radius 3 is 2.20 bits per heavy atom. The maximum Gasteiger partial charge on any atom is 0.0761 e. The van der Waals surface area contributed by atoms with Gasteiger partial charge in [0.25, 0.3) is 0 Å². The number of benzene rings is 1. The van der Waals surface area contributed by atoms with Crippen LogP contribution in [0.3, 0.4) is 0 Å². The minimum atomic E-state index is -0.402. The topological polar surface area (TPSA) is 46.2 Å². The van der Waals surface area contributed by atoms with E-state index in [-0.39, 0.29) is 0 Å². The summed E-state index contributed by atoms with van der Waals surface area (Å²) >= 11 is 0. The third kappa shape index (κ3) is 1.48. The van der Waals surface area contributed by atoms with E-state index in [1.54, 1.807) is 19.1 Å². The molecule has 0 spiro atoms. The fourth-order valence-corrected chi connectivity index (χ4v) is 0.775. The van der Waals surface area contributed by atoms with Gasteiger partial charge in [-0.25, -0.2) is 0 Å². The number of aliphatic hydroxyl groups excluding tert-OH is 1. The quantitative estimate of drug-likeness (QED) is 0.573. The Labute approximate surface area is 60.3 Å². The van der Waals surface area contributed by atoms with Gasteiger partial charge in [-0.05, 0) is 24.6 Å². The third-order valence-electron chi connectivity index (χ3n) is 1.42. The molecule has 0 heterocycles. The van der Waals surface area contributed by atoms with Crippen molar-refractivity contribution in [2.24, 2.45) is 0 Å². The SMILES string of the molecule is C[C@@H](O)c1ccc(N)cc1. The van der Waals surface area contributed by atoms with Crippen molar-refractivity contribution in [1.82, 2.24) is 0 Å². The number of hydrogen-bond acceptors (Lipinski definition) is 2. The molecule has 10 heavy (non-hydrogen) atoms. The first-order valence-corrected chi connectivity index (χ1v) is 3.23. The molecule has 0 fully saturated rings. The van der Waals surface area contributed by atoms with E-state index in [1.807, 2.05) is 12.1 Å². The molecule has 54 valence electrons. The molecule has 0 unspecified atom stereocenters. The lowest BCUT2D eigenvalue weighted by atomic mass is 10.1. The molecule has 0 saturated heterocycles. The first-order valence-electron chi connectivity index (χ1n) is 3.23. The molecule has 3 N–H and O–H groups in total. The first-order chi connectivity index (χ1) is 4.70. The van der Waals surface area contributed by atoms with Gasteiger partial charge in [-0.3, -0.25) is 0 Å². The Morgan fingerprint density at radius 2 is 1.80 bits per heavy atom. The molecular formula is C8H11NO. The molecule has 0 aliphatic heterocycles. The van der Waals surface area contributed by atoms with Gasteiger partial charge in [-0.15, -0.1) is 0 Å². The van der Waals surface area contributed by atoms with Crippen LogP contribution in [-0.2, 0) is 0 Å². The second kappa shape index (κ2) is 2.71. The van der Waals surface area contributed by atoms with Gasteiger partial charge in [0.1, 0.15) is 0 Å². The van der Waals surface area contributed by atoms with Crippen molar-refractivity contribution in [3.63, 3.8) is 0 Å². The Kier molecular flexibility index (Phi) is 1.92. The van der Waals surface area contributed by atoms with E-state index >= 15 is 0 Å². The zero-order valence-electron chi connectivity index (χ0n) is 5.91. The van der Waals surface area contributed by atoms with Crippen molar-refractivity contribution < 1.29 is 5.11 Å². The number of anilines is 1. The molecular weight excluding hydrogens is 126 g/mol. The van der Waals surface area contributed by atoms with Crippen LogP contribution < -0.4 is 5.73 Å². The van der Waals surface area contributed by atoms with Crippen LogP contribution in [0.5, 0.6) is 0 Å². The molecule has 0 saturated carbocycles. The predicted octanol–water partition coefficient (Wildman–Crippen LogP) is 1.32. The summed E-state index contributed by atoms with van der Waals surface area (Å²) in [5, 5.41) is 9.07. The van der Waals surface area contributed by atoms with Gasteiger partial charge in [-0.1, -0.05) is 12.1 Å². The summed E-state index contributed by atoms with van der Waals surface area (Å²) in [5.74, 6) is 0. The second-order valence-corrected chi connectivity index (χ2v) is 2.34. The Bertz CT molecular complexity index is 203. The molecule has 1 rings (SSSR count). The minimum Gasteiger partial charge on any atom is -0.399 e. The predicted molar refractivity (Wildman–Crippen MR) is 41.5 cm³/mol. The van der Waals surface area contributed by atoms with Gasteiger partial charge in [0.05, 0.1) is 6.10 Å². The average Bonchev–Trinajstić information content (AvgIpc) is 1.88. The number of nitrogens with two attached hydrogens (primary N) is 1. The van der Waals surface area contributed by atoms with Crippen LogP contribution in [0.2, 0.25) is 0 Å². The molecule has 2 nitrogen and oxygen atoms in total. The van der Waals surface area contributed by atoms with E-state index in [1.165, 1.54) is 0 Å². The van der Waals surface area contributed by atoms with Crippen LogP contribution in [-0.4, -0.2) is 5.11 Å². The van der Waals surface area contributed by atoms with Gasteiger partial charge < -0.3 is 10.8 Å². The van der Waals surface area contributed by atoms with E-state index in [0.717, 1.165) is 11.3 Å². The van der Waals surface area contributed by atoms with Gasteiger partial charge in [0, 0.05) is 5.69 Å². The van der Waals surface area contributed by atoms with Crippen molar-refractivity contribution in [3.05, 3.63) is 29.8 Å². The van der Waals surface area contributed by atoms with Gasteiger partial charge in [-0.2, -0.15) is 0 Å². The normalized spacial score (nSPS) is 13.0. The highest BCUT2D eigenvalue weighted by Crippen LogP contribution is 2.12. The highest BCUT2D eigenvalue weighted by Gasteiger charge is 1.97. The lowest BCUT2D eigenvalue weighted by Crippen LogP contribution is -1.91. The molecule has 0 radical (unpaired) electrons. The number of nitrogen functional groups attached to an aromatic ring is 1. The van der Waals surface area contributed by atoms with Gasteiger partial charge >= 0.3 is 0 Å². The van der Waals surface area contributed by atoms with Crippen LogP contribution >= 0.6 is 0 Å². The Morgan fingerprint density at radius 1 is 1.30 bits per heavy atom. The van der Waals surface area contributed by atoms with E-state index in [9.17, 15) is 0 Å². The van der Waals surface area contributed by atoms with E-state index in [4.69, 9.17) is 10.8 Å². The summed E-state index contributed by atoms with van der Waals surface area (Å²) in [6.45, 7) is 1.73. The average molecular weight is 137 g/mol. The lowest BCUT2D eigenvalue weighted by Gasteiger charge is -2.02. The summed E-state index contributed by atoms with van der Waals surface area (Å²) < 4.78 is 0. The molecule has 1 aromatic rings. The molecule has 0 aromatic heterocycles. The Balaban J connectivity index is 2.89. The molecule has 0 aliphatic carbocycles. The Hall–Kier alpha value is -1.02. The number of hydrogen-bond donors (Lipinski definition) is 2. The second-order valence-electron chi connectivity index (χ2n) is 2.34. The fourth-order valence-electron chi connectivity index (χ4n) is 0.775. The van der Waals surface area contributed by atoms with Crippen molar-refractivity contribution in [2.75, 3.05) is 5.73 Å². The van der Waals surface area contributed by atoms with E-state index in [0.29, 0.717) is 0 Å². The lowest BCUT2D eigenvalue weighted by molar-refractivity contribution is 0.199. The van der Waals surface area contributed by atoms with Crippen LogP contribution in [0.1, 0.15) is 18.6 Å². The summed E-state index contributed by atoms with van der Waals surface area (Å²) in [6.07, 6.45) is -0.402. The van der Waals surface area contributed by atoms with Crippen molar-refractivity contribution >= 4 is 5.69 Å². The first kappa shape index (κ1) is 7.09. The van der Waals surface area contributed by atoms with Gasteiger partial charge in [0.2, 0.25) is 0 Å². The van der Waals surface area contributed by atoms with Crippen molar-refractivity contribution in [1.29, 1.82) is 0 Å². The van der Waals surface area contributed by atoms with E-state index < -0.39 is 6.10 Å². The minimum absolute atomic E-state index is 0.402. The summed E-state index contributed by atoms with van der Waals surface area (Å²) in [6, 6.07) is 7.20. The zero-order chi connectivity index (χ0) is 7.56. The van der Waals surface area contributed by atoms with Crippen molar-refractivity contribution in [3.8, 4) is 0 Å². The highest BCUT2D eigenvalue weighted by molar-refractivity contribution is 5.39. The molecule has 0 amide bonds. The van der Waals surface area contributed by atoms with Crippen molar-refractivity contribution in [2.45, 2.75) is 13.0 Å². The molecule has 1 aromatic carbocycles. The third-order valence-corrected chi connectivity index (χ3v) is 1.42. The van der Waals surface area contributed by atoms with Crippen LogP contribution in [0.15, 0.2) is 24.3 Å². The maximum atomic E-state index is 9.07. The highest BCUT2D eigenvalue weighted by atomic mass is 16.3. The fraction of sp³-hybridized carbons (Fsp3) is 0.250. The monoisotopic (exact) mass is 137 g/mol. The largest absolute Gasteiger partial charge is 0.399 e. The van der Waals surface area contributed by atoms with Crippen LogP contribution in [0, 0.1) is 0 Å². The van der Waals surface area contributed by atoms with Gasteiger partial charge in [0.15, 0.2) is 0 Å². The standard InChI is InChI=1S/C8H11NO/c1-6(10)7-2-4-8(9)5-3-7/h2-6,10H,9H2,1H3/t6-/m1/s1. The maximum absolute atomic E-state index is 9.07.